The van der Waals surface area contributed by atoms with E-state index in [0.717, 1.165) is 29.9 Å². The number of rotatable bonds is 5. The summed E-state index contributed by atoms with van der Waals surface area (Å²) in [5.74, 6) is -0.0418. The molecule has 0 bridgehead atoms. The fourth-order valence-corrected chi connectivity index (χ4v) is 4.00. The van der Waals surface area contributed by atoms with Gasteiger partial charge in [-0.05, 0) is 51.0 Å². The van der Waals surface area contributed by atoms with Crippen LogP contribution in [0.3, 0.4) is 0 Å². The normalized spacial score (nSPS) is 19.5. The van der Waals surface area contributed by atoms with Gasteiger partial charge in [0, 0.05) is 39.8 Å². The molecule has 0 aliphatic carbocycles. The smallest absolute Gasteiger partial charge is 0.414 e. The number of allylic oxidation sites excluding steroid dienone is 3. The van der Waals surface area contributed by atoms with Crippen LogP contribution in [0.5, 0.6) is 0 Å². The van der Waals surface area contributed by atoms with Crippen molar-refractivity contribution in [3.8, 4) is 0 Å². The van der Waals surface area contributed by atoms with E-state index < -0.39 is 6.09 Å². The first kappa shape index (κ1) is 22.9. The van der Waals surface area contributed by atoms with E-state index in [9.17, 15) is 9.59 Å². The van der Waals surface area contributed by atoms with E-state index in [1.165, 1.54) is 0 Å². The van der Waals surface area contributed by atoms with Crippen LogP contribution in [-0.2, 0) is 9.53 Å². The van der Waals surface area contributed by atoms with Crippen molar-refractivity contribution in [1.29, 1.82) is 0 Å². The maximum atomic E-state index is 12.9. The Morgan fingerprint density at radius 3 is 2.52 bits per heavy atom. The van der Waals surface area contributed by atoms with Gasteiger partial charge in [0.15, 0.2) is 0 Å². The zero-order valence-electron chi connectivity index (χ0n) is 19.4. The number of nitrogens with one attached hydrogen (secondary N) is 1. The summed E-state index contributed by atoms with van der Waals surface area (Å²) in [6.45, 7) is 11.5. The maximum absolute atomic E-state index is 12.9. The predicted molar refractivity (Wildman–Crippen MR) is 125 cm³/mol. The minimum Gasteiger partial charge on any atom is -0.446 e. The van der Waals surface area contributed by atoms with Crippen molar-refractivity contribution in [2.24, 2.45) is 0 Å². The third-order valence-corrected chi connectivity index (χ3v) is 5.67. The minimum atomic E-state index is -0.391. The molecule has 0 unspecified atom stereocenters. The number of hydrogen-bond acceptors (Lipinski definition) is 5. The molecular formula is C24H34N4O3. The molecular weight excluding hydrogens is 392 g/mol. The average Bonchev–Trinajstić information content (AvgIpc) is 2.64. The first-order valence-corrected chi connectivity index (χ1v) is 10.9. The number of hydrogen-bond donors (Lipinski definition) is 1. The third-order valence-electron chi connectivity index (χ3n) is 5.67. The summed E-state index contributed by atoms with van der Waals surface area (Å²) in [5.41, 5.74) is 3.45. The largest absolute Gasteiger partial charge is 0.446 e. The van der Waals surface area contributed by atoms with Gasteiger partial charge in [-0.3, -0.25) is 9.69 Å². The molecule has 2 amide bonds. The number of fused-ring (bicyclic) bond motifs is 1. The second-order valence-electron chi connectivity index (χ2n) is 8.55. The molecule has 1 aromatic rings. The lowest BCUT2D eigenvalue weighted by atomic mass is 10.0. The van der Waals surface area contributed by atoms with E-state index in [0.29, 0.717) is 18.3 Å². The molecule has 0 radical (unpaired) electrons. The maximum Gasteiger partial charge on any atom is 0.414 e. The summed E-state index contributed by atoms with van der Waals surface area (Å²) < 4.78 is 5.50. The van der Waals surface area contributed by atoms with Gasteiger partial charge in [-0.25, -0.2) is 4.79 Å². The number of amides is 2. The number of nitrogens with zero attached hydrogens (tertiary/aromatic N) is 3. The van der Waals surface area contributed by atoms with E-state index >= 15 is 0 Å². The summed E-state index contributed by atoms with van der Waals surface area (Å²) in [4.78, 5) is 30.9. The van der Waals surface area contributed by atoms with Crippen LogP contribution in [0.25, 0.3) is 5.57 Å². The second-order valence-corrected chi connectivity index (χ2v) is 8.55. The van der Waals surface area contributed by atoms with Gasteiger partial charge in [0.25, 0.3) is 0 Å². The Labute approximate surface area is 185 Å². The van der Waals surface area contributed by atoms with Crippen LogP contribution in [0, 0.1) is 0 Å². The van der Waals surface area contributed by atoms with Gasteiger partial charge < -0.3 is 19.9 Å². The van der Waals surface area contributed by atoms with Crippen LogP contribution >= 0.6 is 0 Å². The number of likely N-dealkylation sites (N-methyl/N-ethyl adjacent to an activating group) is 1. The number of carbonyl (C=O) groups is 2. The van der Waals surface area contributed by atoms with Gasteiger partial charge in [-0.2, -0.15) is 0 Å². The fraction of sp³-hybridized carbons (Fsp3) is 0.500. The number of carbonyl (C=O) groups excluding carboxylic acids is 2. The van der Waals surface area contributed by atoms with E-state index in [4.69, 9.17) is 4.74 Å². The summed E-state index contributed by atoms with van der Waals surface area (Å²) in [5, 5.41) is 3.30. The lowest BCUT2D eigenvalue weighted by Crippen LogP contribution is -2.54. The van der Waals surface area contributed by atoms with Crippen LogP contribution in [-0.4, -0.2) is 61.8 Å². The molecule has 1 saturated heterocycles. The average molecular weight is 427 g/mol. The highest BCUT2D eigenvalue weighted by atomic mass is 16.6. The van der Waals surface area contributed by atoms with Crippen LogP contribution in [0.2, 0.25) is 0 Å². The Kier molecular flexibility index (Phi) is 7.05. The Morgan fingerprint density at radius 2 is 1.97 bits per heavy atom. The molecule has 0 aromatic heterocycles. The van der Waals surface area contributed by atoms with Crippen molar-refractivity contribution in [1.82, 2.24) is 10.2 Å². The topological polar surface area (TPSA) is 65.1 Å². The molecule has 0 spiro atoms. The summed E-state index contributed by atoms with van der Waals surface area (Å²) in [6, 6.07) is 6.26. The first-order chi connectivity index (χ1) is 14.7. The van der Waals surface area contributed by atoms with E-state index in [1.54, 1.807) is 16.7 Å². The van der Waals surface area contributed by atoms with E-state index in [-0.39, 0.29) is 18.1 Å². The van der Waals surface area contributed by atoms with Crippen molar-refractivity contribution < 1.29 is 14.3 Å². The van der Waals surface area contributed by atoms with Gasteiger partial charge in [-0.15, -0.1) is 0 Å². The van der Waals surface area contributed by atoms with Crippen molar-refractivity contribution >= 4 is 28.9 Å². The number of ether oxygens (including phenoxy) is 1. The van der Waals surface area contributed by atoms with Gasteiger partial charge >= 0.3 is 6.09 Å². The van der Waals surface area contributed by atoms with Crippen molar-refractivity contribution in [2.45, 2.75) is 52.8 Å². The lowest BCUT2D eigenvalue weighted by molar-refractivity contribution is -0.117. The van der Waals surface area contributed by atoms with Crippen LogP contribution in [0.15, 0.2) is 36.6 Å². The van der Waals surface area contributed by atoms with E-state index in [2.05, 4.69) is 29.5 Å². The highest BCUT2D eigenvalue weighted by Gasteiger charge is 2.35. The zero-order chi connectivity index (χ0) is 22.7. The fourth-order valence-electron chi connectivity index (χ4n) is 4.00. The number of anilines is 2. The molecule has 1 fully saturated rings. The first-order valence-electron chi connectivity index (χ1n) is 10.9. The quantitative estimate of drug-likeness (QED) is 0.729. The molecule has 1 aromatic carbocycles. The van der Waals surface area contributed by atoms with E-state index in [1.807, 2.05) is 52.0 Å². The third kappa shape index (κ3) is 4.93. The second kappa shape index (κ2) is 9.56. The van der Waals surface area contributed by atoms with Gasteiger partial charge in [0.2, 0.25) is 5.91 Å². The summed E-state index contributed by atoms with van der Waals surface area (Å²) in [7, 11) is 2.08. The molecule has 0 saturated carbocycles. The molecule has 1 N–H and O–H groups in total. The SMILES string of the molecule is C/C=C/C(=C\N(C)C1CNC1)c1ccc2c(c1)N(C(=O)OC(C)C)C[C@H](C)N2C(C)=O. The molecule has 2 heterocycles. The highest BCUT2D eigenvalue weighted by molar-refractivity contribution is 6.03. The van der Waals surface area contributed by atoms with Crippen molar-refractivity contribution in [3.63, 3.8) is 0 Å². The van der Waals surface area contributed by atoms with Gasteiger partial charge in [0.1, 0.15) is 0 Å². The Hall–Kier alpha value is -2.80. The molecule has 3 rings (SSSR count). The molecule has 7 nitrogen and oxygen atoms in total. The minimum absolute atomic E-state index is 0.0418. The molecule has 168 valence electrons. The van der Waals surface area contributed by atoms with Crippen LogP contribution < -0.4 is 15.1 Å². The molecule has 1 atom stereocenters. The Morgan fingerprint density at radius 1 is 1.26 bits per heavy atom. The van der Waals surface area contributed by atoms with Crippen molar-refractivity contribution in [3.05, 3.63) is 42.1 Å². The Balaban J connectivity index is 2.05. The van der Waals surface area contributed by atoms with Crippen LogP contribution in [0.1, 0.15) is 40.2 Å². The molecule has 2 aliphatic heterocycles. The summed E-state index contributed by atoms with van der Waals surface area (Å²) >= 11 is 0. The summed E-state index contributed by atoms with van der Waals surface area (Å²) in [6.07, 6.45) is 5.60. The molecule has 7 heteroatoms. The van der Waals surface area contributed by atoms with Gasteiger partial charge in [-0.1, -0.05) is 18.2 Å². The van der Waals surface area contributed by atoms with Crippen molar-refractivity contribution in [2.75, 3.05) is 36.5 Å². The highest BCUT2D eigenvalue weighted by Crippen LogP contribution is 2.38. The zero-order valence-corrected chi connectivity index (χ0v) is 19.4. The van der Waals surface area contributed by atoms with Gasteiger partial charge in [0.05, 0.1) is 29.6 Å². The molecule has 31 heavy (non-hydrogen) atoms. The van der Waals surface area contributed by atoms with Crippen LogP contribution in [0.4, 0.5) is 16.2 Å². The monoisotopic (exact) mass is 426 g/mol. The lowest BCUT2D eigenvalue weighted by Gasteiger charge is -2.40. The Bertz CT molecular complexity index is 889. The molecule has 2 aliphatic rings. The predicted octanol–water partition coefficient (Wildman–Crippen LogP) is 3.61. The number of benzene rings is 1. The standard InChI is InChI=1S/C24H34N4O3/c1-7-8-20(15-26(6)21-12-25-13-21)19-9-10-22-23(11-19)27(24(30)31-16(2)3)14-17(4)28(22)18(5)29/h7-11,15-17,21,25H,12-14H2,1-6H3/b8-7+,20-15+/t17-/m0/s1.